The molecule has 1 amide bonds. The van der Waals surface area contributed by atoms with Crippen LogP contribution in [0, 0.1) is 19.7 Å². The maximum atomic E-state index is 13.3. The van der Waals surface area contributed by atoms with E-state index in [9.17, 15) is 27.2 Å². The van der Waals surface area contributed by atoms with Gasteiger partial charge in [0.25, 0.3) is 5.91 Å². The minimum atomic E-state index is -4.55. The molecule has 0 spiro atoms. The van der Waals surface area contributed by atoms with Crippen LogP contribution in [-0.4, -0.2) is 15.7 Å². The van der Waals surface area contributed by atoms with Crippen molar-refractivity contribution in [3.8, 4) is 5.69 Å². The van der Waals surface area contributed by atoms with Crippen molar-refractivity contribution in [1.82, 2.24) is 15.1 Å². The van der Waals surface area contributed by atoms with E-state index in [0.29, 0.717) is 11.1 Å². The number of aromatic nitrogens is 2. The van der Waals surface area contributed by atoms with Gasteiger partial charge in [-0.15, -0.1) is 0 Å². The topological polar surface area (TPSA) is 64.0 Å². The maximum Gasteiger partial charge on any atom is 0.416 e. The molecule has 1 N–H and O–H groups in total. The lowest BCUT2D eigenvalue weighted by Crippen LogP contribution is -2.31. The molecule has 1 heterocycles. The number of hydrogen-bond acceptors (Lipinski definition) is 3. The molecule has 3 aromatic rings. The minimum Gasteiger partial charge on any atom is -0.346 e. The molecule has 9 heteroatoms. The first-order valence-electron chi connectivity index (χ1n) is 8.88. The lowest BCUT2D eigenvalue weighted by molar-refractivity contribution is -0.137. The molecule has 0 aliphatic heterocycles. The molecule has 0 saturated heterocycles. The first-order valence-corrected chi connectivity index (χ1v) is 8.88. The van der Waals surface area contributed by atoms with Gasteiger partial charge in [0.1, 0.15) is 5.82 Å². The van der Waals surface area contributed by atoms with E-state index in [0.717, 1.165) is 22.9 Å². The van der Waals surface area contributed by atoms with Crippen LogP contribution < -0.4 is 10.7 Å². The molecule has 0 unspecified atom stereocenters. The zero-order valence-corrected chi connectivity index (χ0v) is 16.0. The molecular formula is C21H17F4N3O2. The SMILES string of the molecule is Cc1cc(CNC(=O)c2nn(-c3cccc(C(F)(F)F)c3)c(C)cc2=O)ccc1F. The number of carbonyl (C=O) groups is 1. The second-order valence-corrected chi connectivity index (χ2v) is 6.72. The van der Waals surface area contributed by atoms with Crippen molar-refractivity contribution < 1.29 is 22.4 Å². The number of nitrogens with zero attached hydrogens (tertiary/aromatic N) is 2. The molecule has 5 nitrogen and oxygen atoms in total. The summed E-state index contributed by atoms with van der Waals surface area (Å²) in [7, 11) is 0. The number of aryl methyl sites for hydroxylation is 2. The van der Waals surface area contributed by atoms with Gasteiger partial charge in [-0.05, 0) is 49.2 Å². The Balaban J connectivity index is 1.90. The Morgan fingerprint density at radius 1 is 1.10 bits per heavy atom. The van der Waals surface area contributed by atoms with Gasteiger partial charge in [-0.25, -0.2) is 9.07 Å². The van der Waals surface area contributed by atoms with Crippen LogP contribution in [-0.2, 0) is 12.7 Å². The van der Waals surface area contributed by atoms with Crippen LogP contribution in [0.3, 0.4) is 0 Å². The summed E-state index contributed by atoms with van der Waals surface area (Å²) in [5.41, 5.74) is -0.650. The van der Waals surface area contributed by atoms with E-state index in [4.69, 9.17) is 0 Å². The smallest absolute Gasteiger partial charge is 0.346 e. The lowest BCUT2D eigenvalue weighted by atomic mass is 10.1. The average Bonchev–Trinajstić information content (AvgIpc) is 2.68. The van der Waals surface area contributed by atoms with Gasteiger partial charge in [-0.1, -0.05) is 18.2 Å². The molecule has 0 fully saturated rings. The second kappa shape index (κ2) is 8.10. The molecule has 156 valence electrons. The van der Waals surface area contributed by atoms with E-state index in [1.807, 2.05) is 0 Å². The number of hydrogen-bond donors (Lipinski definition) is 1. The summed E-state index contributed by atoms with van der Waals surface area (Å²) in [6.07, 6.45) is -4.55. The van der Waals surface area contributed by atoms with Gasteiger partial charge in [0.05, 0.1) is 11.3 Å². The summed E-state index contributed by atoms with van der Waals surface area (Å²) >= 11 is 0. The number of halogens is 4. The molecule has 0 atom stereocenters. The Hall–Kier alpha value is -3.49. The lowest BCUT2D eigenvalue weighted by Gasteiger charge is -2.13. The standard InChI is InChI=1S/C21H17F4N3O2/c1-12-8-14(6-7-17(12)22)11-26-20(30)19-18(29)9-13(2)28(27-19)16-5-3-4-15(10-16)21(23,24)25/h3-10H,11H2,1-2H3,(H,26,30). The molecule has 0 saturated carbocycles. The number of amides is 1. The third kappa shape index (κ3) is 4.56. The average molecular weight is 419 g/mol. The predicted octanol–water partition coefficient (Wildman–Crippen LogP) is 3.94. The van der Waals surface area contributed by atoms with Gasteiger partial charge >= 0.3 is 6.18 Å². The molecule has 30 heavy (non-hydrogen) atoms. The first-order chi connectivity index (χ1) is 14.1. The third-order valence-electron chi connectivity index (χ3n) is 4.42. The zero-order chi connectivity index (χ0) is 22.1. The van der Waals surface area contributed by atoms with Crippen molar-refractivity contribution >= 4 is 5.91 Å². The van der Waals surface area contributed by atoms with Crippen molar-refractivity contribution in [1.29, 1.82) is 0 Å². The van der Waals surface area contributed by atoms with Crippen LogP contribution in [0.1, 0.15) is 32.9 Å². The van der Waals surface area contributed by atoms with E-state index in [1.54, 1.807) is 13.0 Å². The van der Waals surface area contributed by atoms with Gasteiger partial charge in [0.2, 0.25) is 5.43 Å². The normalized spacial score (nSPS) is 11.4. The monoisotopic (exact) mass is 419 g/mol. The van der Waals surface area contributed by atoms with Gasteiger partial charge in [0, 0.05) is 18.3 Å². The molecule has 0 aliphatic carbocycles. The predicted molar refractivity (Wildman–Crippen MR) is 102 cm³/mol. The van der Waals surface area contributed by atoms with Gasteiger partial charge < -0.3 is 5.32 Å². The van der Waals surface area contributed by atoms with Crippen LogP contribution in [0.15, 0.2) is 53.3 Å². The number of benzene rings is 2. The Labute approximate surface area is 169 Å². The Morgan fingerprint density at radius 3 is 2.50 bits per heavy atom. The summed E-state index contributed by atoms with van der Waals surface area (Å²) in [5, 5.41) is 6.49. The highest BCUT2D eigenvalue weighted by Crippen LogP contribution is 2.30. The highest BCUT2D eigenvalue weighted by atomic mass is 19.4. The van der Waals surface area contributed by atoms with Crippen molar-refractivity contribution in [3.05, 3.63) is 92.6 Å². The van der Waals surface area contributed by atoms with Crippen LogP contribution in [0.5, 0.6) is 0 Å². The van der Waals surface area contributed by atoms with Crippen LogP contribution in [0.2, 0.25) is 0 Å². The summed E-state index contributed by atoms with van der Waals surface area (Å²) < 4.78 is 53.5. The summed E-state index contributed by atoms with van der Waals surface area (Å²) in [6, 6.07) is 9.85. The van der Waals surface area contributed by atoms with Crippen LogP contribution >= 0.6 is 0 Å². The minimum absolute atomic E-state index is 0.0263. The Kier molecular flexibility index (Phi) is 5.73. The second-order valence-electron chi connectivity index (χ2n) is 6.72. The third-order valence-corrected chi connectivity index (χ3v) is 4.42. The Bertz CT molecular complexity index is 1170. The zero-order valence-electron chi connectivity index (χ0n) is 16.0. The van der Waals surface area contributed by atoms with E-state index in [1.165, 1.54) is 31.2 Å². The van der Waals surface area contributed by atoms with Crippen molar-refractivity contribution in [2.24, 2.45) is 0 Å². The largest absolute Gasteiger partial charge is 0.416 e. The summed E-state index contributed by atoms with van der Waals surface area (Å²) in [6.45, 7) is 3.10. The number of alkyl halides is 3. The first kappa shape index (κ1) is 21.2. The van der Waals surface area contributed by atoms with E-state index in [2.05, 4.69) is 10.4 Å². The van der Waals surface area contributed by atoms with E-state index in [-0.39, 0.29) is 23.7 Å². The quantitative estimate of drug-likeness (QED) is 0.652. The maximum absolute atomic E-state index is 13.3. The van der Waals surface area contributed by atoms with Crippen molar-refractivity contribution in [2.45, 2.75) is 26.6 Å². The highest BCUT2D eigenvalue weighted by molar-refractivity contribution is 5.92. The van der Waals surface area contributed by atoms with Gasteiger partial charge in [-0.3, -0.25) is 9.59 Å². The van der Waals surface area contributed by atoms with E-state index >= 15 is 0 Å². The fourth-order valence-corrected chi connectivity index (χ4v) is 2.86. The molecule has 3 rings (SSSR count). The van der Waals surface area contributed by atoms with Crippen molar-refractivity contribution in [2.75, 3.05) is 0 Å². The van der Waals surface area contributed by atoms with Gasteiger partial charge in [0.15, 0.2) is 5.69 Å². The van der Waals surface area contributed by atoms with Crippen LogP contribution in [0.25, 0.3) is 5.69 Å². The number of carbonyl (C=O) groups excluding carboxylic acids is 1. The summed E-state index contributed by atoms with van der Waals surface area (Å²) in [4.78, 5) is 24.7. The fourth-order valence-electron chi connectivity index (χ4n) is 2.86. The number of rotatable bonds is 4. The Morgan fingerprint density at radius 2 is 1.83 bits per heavy atom. The summed E-state index contributed by atoms with van der Waals surface area (Å²) in [5.74, 6) is -1.17. The number of nitrogens with one attached hydrogen (secondary N) is 1. The molecule has 0 radical (unpaired) electrons. The van der Waals surface area contributed by atoms with E-state index < -0.39 is 28.8 Å². The molecule has 0 aliphatic rings. The highest BCUT2D eigenvalue weighted by Gasteiger charge is 2.30. The molecule has 2 aromatic carbocycles. The molecule has 0 bridgehead atoms. The van der Waals surface area contributed by atoms with Crippen LogP contribution in [0.4, 0.5) is 17.6 Å². The van der Waals surface area contributed by atoms with Gasteiger partial charge in [-0.2, -0.15) is 18.3 Å². The molecule has 1 aromatic heterocycles. The fraction of sp³-hybridized carbons (Fsp3) is 0.190. The molecular weight excluding hydrogens is 402 g/mol. The van der Waals surface area contributed by atoms with Crippen molar-refractivity contribution in [3.63, 3.8) is 0 Å².